The van der Waals surface area contributed by atoms with Crippen molar-refractivity contribution in [3.05, 3.63) is 0 Å². The van der Waals surface area contributed by atoms with Crippen molar-refractivity contribution in [3.8, 4) is 0 Å². The van der Waals surface area contributed by atoms with Gasteiger partial charge in [0.2, 0.25) is 0 Å². The first-order valence-electron chi connectivity index (χ1n) is 3.26. The molecule has 0 unspecified atom stereocenters. The Morgan fingerprint density at radius 1 is 1.70 bits per heavy atom. The van der Waals surface area contributed by atoms with Crippen molar-refractivity contribution in [1.29, 1.82) is 0 Å². The van der Waals surface area contributed by atoms with Gasteiger partial charge in [-0.05, 0) is 6.54 Å². The second-order valence-corrected chi connectivity index (χ2v) is 2.48. The lowest BCUT2D eigenvalue weighted by Crippen LogP contribution is -2.27. The zero-order valence-electron chi connectivity index (χ0n) is 5.62. The minimum absolute atomic E-state index is 0.0116. The third-order valence-electron chi connectivity index (χ3n) is 1.82. The predicted octanol–water partition coefficient (Wildman–Crippen LogP) is -0.708. The fraction of sp³-hybridized carbons (Fsp3) is 0.833. The molecule has 0 aliphatic carbocycles. The smallest absolute Gasteiger partial charge is 0.309 e. The van der Waals surface area contributed by atoms with Crippen molar-refractivity contribution >= 4 is 5.97 Å². The van der Waals surface area contributed by atoms with E-state index in [1.165, 1.54) is 0 Å². The standard InChI is InChI=1S/C6H11NO3/c7-1-4-2-10-3-5(4)6(8)9/h4-5H,1-3,7H2,(H,8,9)/t4-,5+/m0/s1. The summed E-state index contributed by atoms with van der Waals surface area (Å²) in [5.74, 6) is -1.17. The first-order valence-corrected chi connectivity index (χ1v) is 3.26. The van der Waals surface area contributed by atoms with E-state index in [4.69, 9.17) is 15.6 Å². The maximum atomic E-state index is 10.4. The van der Waals surface area contributed by atoms with Crippen LogP contribution in [0, 0.1) is 11.8 Å². The molecule has 1 saturated heterocycles. The van der Waals surface area contributed by atoms with Crippen LogP contribution in [0.4, 0.5) is 0 Å². The van der Waals surface area contributed by atoms with Gasteiger partial charge in [0.25, 0.3) is 0 Å². The van der Waals surface area contributed by atoms with Crippen LogP contribution >= 0.6 is 0 Å². The molecule has 1 fully saturated rings. The van der Waals surface area contributed by atoms with Gasteiger partial charge in [-0.2, -0.15) is 0 Å². The van der Waals surface area contributed by atoms with E-state index in [0.29, 0.717) is 19.8 Å². The molecule has 10 heavy (non-hydrogen) atoms. The van der Waals surface area contributed by atoms with Gasteiger partial charge in [0.05, 0.1) is 19.1 Å². The Hall–Kier alpha value is -0.610. The molecule has 4 nitrogen and oxygen atoms in total. The SMILES string of the molecule is NC[C@H]1COC[C@H]1C(=O)O. The third kappa shape index (κ3) is 1.27. The van der Waals surface area contributed by atoms with Gasteiger partial charge >= 0.3 is 5.97 Å². The summed E-state index contributed by atoms with van der Waals surface area (Å²) in [7, 11) is 0. The van der Waals surface area contributed by atoms with Gasteiger partial charge in [-0.25, -0.2) is 0 Å². The van der Waals surface area contributed by atoms with Crippen LogP contribution in [0.1, 0.15) is 0 Å². The molecule has 1 aliphatic heterocycles. The summed E-state index contributed by atoms with van der Waals surface area (Å²) in [6.07, 6.45) is 0. The van der Waals surface area contributed by atoms with Crippen LogP contribution in [0.15, 0.2) is 0 Å². The molecule has 0 bridgehead atoms. The number of hydrogen-bond donors (Lipinski definition) is 2. The van der Waals surface area contributed by atoms with E-state index in [9.17, 15) is 4.79 Å². The molecule has 1 aliphatic rings. The van der Waals surface area contributed by atoms with Crippen molar-refractivity contribution < 1.29 is 14.6 Å². The van der Waals surface area contributed by atoms with E-state index in [2.05, 4.69) is 0 Å². The van der Waals surface area contributed by atoms with E-state index in [1.807, 2.05) is 0 Å². The van der Waals surface area contributed by atoms with Crippen LogP contribution in [0.5, 0.6) is 0 Å². The number of hydrogen-bond acceptors (Lipinski definition) is 3. The van der Waals surface area contributed by atoms with Crippen molar-refractivity contribution in [2.24, 2.45) is 17.6 Å². The van der Waals surface area contributed by atoms with E-state index in [1.54, 1.807) is 0 Å². The van der Waals surface area contributed by atoms with Crippen LogP contribution in [0.25, 0.3) is 0 Å². The van der Waals surface area contributed by atoms with Gasteiger partial charge < -0.3 is 15.6 Å². The highest BCUT2D eigenvalue weighted by Gasteiger charge is 2.32. The molecule has 0 aromatic carbocycles. The minimum Gasteiger partial charge on any atom is -0.481 e. The van der Waals surface area contributed by atoms with E-state index >= 15 is 0 Å². The lowest BCUT2D eigenvalue weighted by Gasteiger charge is -2.08. The second kappa shape index (κ2) is 2.98. The summed E-state index contributed by atoms with van der Waals surface area (Å²) in [6.45, 7) is 1.21. The lowest BCUT2D eigenvalue weighted by molar-refractivity contribution is -0.142. The summed E-state index contributed by atoms with van der Waals surface area (Å²) < 4.78 is 4.96. The Balaban J connectivity index is 2.50. The number of carbonyl (C=O) groups is 1. The summed E-state index contributed by atoms with van der Waals surface area (Å²) in [6, 6.07) is 0. The summed E-state index contributed by atoms with van der Waals surface area (Å²) in [4.78, 5) is 10.4. The highest BCUT2D eigenvalue weighted by molar-refractivity contribution is 5.70. The van der Waals surface area contributed by atoms with Gasteiger partial charge in [-0.1, -0.05) is 0 Å². The van der Waals surface area contributed by atoms with Gasteiger partial charge in [0, 0.05) is 5.92 Å². The molecule has 4 heteroatoms. The molecule has 58 valence electrons. The molecule has 0 saturated carbocycles. The molecule has 0 spiro atoms. The predicted molar refractivity (Wildman–Crippen MR) is 34.5 cm³/mol. The van der Waals surface area contributed by atoms with E-state index in [-0.39, 0.29) is 11.8 Å². The largest absolute Gasteiger partial charge is 0.481 e. The van der Waals surface area contributed by atoms with Crippen LogP contribution < -0.4 is 5.73 Å². The van der Waals surface area contributed by atoms with Crippen LogP contribution in [0.2, 0.25) is 0 Å². The monoisotopic (exact) mass is 145 g/mol. The zero-order valence-corrected chi connectivity index (χ0v) is 5.62. The average Bonchev–Trinajstić information content (AvgIpc) is 2.33. The van der Waals surface area contributed by atoms with Crippen LogP contribution in [-0.4, -0.2) is 30.8 Å². The number of ether oxygens (including phenoxy) is 1. The fourth-order valence-electron chi connectivity index (χ4n) is 1.10. The summed E-state index contributed by atoms with van der Waals surface area (Å²) in [5, 5.41) is 8.58. The van der Waals surface area contributed by atoms with Gasteiger partial charge in [-0.15, -0.1) is 0 Å². The third-order valence-corrected chi connectivity index (χ3v) is 1.82. The molecule has 1 rings (SSSR count). The van der Waals surface area contributed by atoms with Gasteiger partial charge in [0.15, 0.2) is 0 Å². The van der Waals surface area contributed by atoms with Crippen molar-refractivity contribution in [1.82, 2.24) is 0 Å². The zero-order chi connectivity index (χ0) is 7.56. The van der Waals surface area contributed by atoms with E-state index in [0.717, 1.165) is 0 Å². The first kappa shape index (κ1) is 7.50. The maximum Gasteiger partial charge on any atom is 0.309 e. The Bertz CT molecular complexity index is 137. The van der Waals surface area contributed by atoms with Gasteiger partial charge in [-0.3, -0.25) is 4.79 Å². The molecule has 0 radical (unpaired) electrons. The Kier molecular flexibility index (Phi) is 2.24. The van der Waals surface area contributed by atoms with Gasteiger partial charge in [0.1, 0.15) is 0 Å². The topological polar surface area (TPSA) is 72.5 Å². The molecule has 2 atom stereocenters. The number of nitrogens with two attached hydrogens (primary N) is 1. The minimum atomic E-state index is -0.798. The molecule has 0 aromatic rings. The molecule has 3 N–H and O–H groups in total. The van der Waals surface area contributed by atoms with E-state index < -0.39 is 5.97 Å². The van der Waals surface area contributed by atoms with Crippen molar-refractivity contribution in [2.45, 2.75) is 0 Å². The summed E-state index contributed by atoms with van der Waals surface area (Å²) >= 11 is 0. The normalized spacial score (nSPS) is 32.5. The quantitative estimate of drug-likeness (QED) is 0.538. The molecular formula is C6H11NO3. The van der Waals surface area contributed by atoms with Crippen LogP contribution in [-0.2, 0) is 9.53 Å². The Morgan fingerprint density at radius 3 is 2.80 bits per heavy atom. The lowest BCUT2D eigenvalue weighted by atomic mass is 9.97. The highest BCUT2D eigenvalue weighted by Crippen LogP contribution is 2.19. The Morgan fingerprint density at radius 2 is 2.40 bits per heavy atom. The maximum absolute atomic E-state index is 10.4. The van der Waals surface area contributed by atoms with Crippen molar-refractivity contribution in [3.63, 3.8) is 0 Å². The molecular weight excluding hydrogens is 134 g/mol. The second-order valence-electron chi connectivity index (χ2n) is 2.48. The molecule has 0 aromatic heterocycles. The summed E-state index contributed by atoms with van der Waals surface area (Å²) in [5.41, 5.74) is 5.32. The number of rotatable bonds is 2. The number of carboxylic acids is 1. The number of aliphatic carboxylic acids is 1. The fourth-order valence-corrected chi connectivity index (χ4v) is 1.10. The first-order chi connectivity index (χ1) is 4.75. The molecule has 0 amide bonds. The van der Waals surface area contributed by atoms with Crippen LogP contribution in [0.3, 0.4) is 0 Å². The highest BCUT2D eigenvalue weighted by atomic mass is 16.5. The Labute approximate surface area is 59.0 Å². The number of carboxylic acid groups (broad SMARTS) is 1. The van der Waals surface area contributed by atoms with Crippen molar-refractivity contribution in [2.75, 3.05) is 19.8 Å². The molecule has 1 heterocycles. The average molecular weight is 145 g/mol.